The van der Waals surface area contributed by atoms with Gasteiger partial charge in [0.15, 0.2) is 0 Å². The van der Waals surface area contributed by atoms with E-state index in [1.165, 1.54) is 77.2 Å². The molecule has 10 aromatic rings. The first-order valence-corrected chi connectivity index (χ1v) is 24.5. The molecular weight excluding hydrogens is 833 g/mol. The first-order valence-electron chi connectivity index (χ1n) is 24.5. The number of rotatable bonds is 8. The molecule has 10 aromatic carbocycles. The predicted octanol–water partition coefficient (Wildman–Crippen LogP) is 19.2. The quantitative estimate of drug-likeness (QED) is 0.140. The summed E-state index contributed by atoms with van der Waals surface area (Å²) < 4.78 is 0. The number of fused-ring (bicyclic) bond motifs is 8. The molecule has 0 fully saturated rings. The summed E-state index contributed by atoms with van der Waals surface area (Å²) in [6, 6.07) is 81.1. The van der Waals surface area contributed by atoms with Crippen molar-refractivity contribution in [2.75, 3.05) is 9.80 Å². The minimum atomic E-state index is -0.293. The molecule has 2 nitrogen and oxygen atoms in total. The van der Waals surface area contributed by atoms with Gasteiger partial charge in [0.2, 0.25) is 0 Å². The van der Waals surface area contributed by atoms with Crippen LogP contribution in [-0.4, -0.2) is 0 Å². The average Bonchev–Trinajstić information content (AvgIpc) is 3.61. The molecule has 0 heterocycles. The predicted molar refractivity (Wildman–Crippen MR) is 297 cm³/mol. The summed E-state index contributed by atoms with van der Waals surface area (Å²) in [7, 11) is 0. The normalized spacial score (nSPS) is 13.0. The lowest BCUT2D eigenvalue weighted by molar-refractivity contribution is 0.590. The van der Waals surface area contributed by atoms with Crippen molar-refractivity contribution >= 4 is 55.7 Å². The van der Waals surface area contributed by atoms with Crippen molar-refractivity contribution in [2.45, 2.75) is 71.6 Å². The first kappa shape index (κ1) is 43.9. The van der Waals surface area contributed by atoms with Gasteiger partial charge in [-0.1, -0.05) is 201 Å². The number of hydrogen-bond acceptors (Lipinski definition) is 2. The lowest BCUT2D eigenvalue weighted by atomic mass is 9.79. The maximum atomic E-state index is 2.47. The molecule has 338 valence electrons. The van der Waals surface area contributed by atoms with Gasteiger partial charge in [-0.05, 0) is 161 Å². The summed E-state index contributed by atoms with van der Waals surface area (Å²) in [6.07, 6.45) is 0. The maximum absolute atomic E-state index is 2.47. The first-order chi connectivity index (χ1) is 33.2. The number of benzene rings is 10. The molecule has 0 saturated heterocycles. The van der Waals surface area contributed by atoms with E-state index in [2.05, 4.69) is 284 Å². The summed E-state index contributed by atoms with van der Waals surface area (Å²) in [6.45, 7) is 18.5. The summed E-state index contributed by atoms with van der Waals surface area (Å²) >= 11 is 0. The highest BCUT2D eigenvalue weighted by Gasteiger charge is 2.39. The highest BCUT2D eigenvalue weighted by molar-refractivity contribution is 6.19. The molecule has 0 saturated carbocycles. The van der Waals surface area contributed by atoms with Gasteiger partial charge < -0.3 is 9.80 Å². The molecule has 2 heteroatoms. The molecule has 69 heavy (non-hydrogen) atoms. The van der Waals surface area contributed by atoms with Crippen LogP contribution in [0.15, 0.2) is 218 Å². The molecule has 0 N–H and O–H groups in total. The Bertz CT molecular complexity index is 3480. The van der Waals surface area contributed by atoms with E-state index >= 15 is 0 Å². The minimum Gasteiger partial charge on any atom is -0.310 e. The number of hydrogen-bond donors (Lipinski definition) is 0. The Balaban J connectivity index is 1.05. The van der Waals surface area contributed by atoms with E-state index in [0.29, 0.717) is 0 Å². The summed E-state index contributed by atoms with van der Waals surface area (Å²) in [5.74, 6) is 0. The molecule has 0 spiro atoms. The van der Waals surface area contributed by atoms with Crippen LogP contribution < -0.4 is 9.80 Å². The fraction of sp³-hybridized carbons (Fsp3) is 0.164. The fourth-order valence-corrected chi connectivity index (χ4v) is 10.8. The third-order valence-electron chi connectivity index (χ3n) is 14.5. The second kappa shape index (κ2) is 16.8. The van der Waals surface area contributed by atoms with Crippen molar-refractivity contribution in [3.05, 3.63) is 241 Å². The van der Waals surface area contributed by atoms with Gasteiger partial charge in [-0.15, -0.1) is 0 Å². The topological polar surface area (TPSA) is 6.48 Å². The lowest BCUT2D eigenvalue weighted by Gasteiger charge is -2.29. The third-order valence-corrected chi connectivity index (χ3v) is 14.5. The molecule has 1 aliphatic carbocycles. The largest absolute Gasteiger partial charge is 0.310 e. The summed E-state index contributed by atoms with van der Waals surface area (Å²) in [4.78, 5) is 4.85. The van der Waals surface area contributed by atoms with Crippen LogP contribution in [0.5, 0.6) is 0 Å². The van der Waals surface area contributed by atoms with Crippen molar-refractivity contribution in [1.82, 2.24) is 0 Å². The van der Waals surface area contributed by atoms with E-state index in [1.54, 1.807) is 0 Å². The van der Waals surface area contributed by atoms with Crippen LogP contribution >= 0.6 is 0 Å². The van der Waals surface area contributed by atoms with Crippen LogP contribution in [0.1, 0.15) is 77.6 Å². The van der Waals surface area contributed by atoms with Gasteiger partial charge in [0, 0.05) is 39.5 Å². The standard InChI is InChI=1S/C67H60N2/c1-65(2,3)49-27-35-53(36-28-49)68(51-31-23-47(24-32-51)45-17-11-9-12-18-45)55-39-41-59-61(43-55)57-21-15-16-22-58(57)63-60-42-40-56(44-62(60)67(7,8)64(59)63)69(54-37-29-50(30-38-54)66(4,5)6)52-33-25-48(26-34-52)46-19-13-10-14-20-46/h9-44H,1-8H3. The molecule has 0 aliphatic heterocycles. The zero-order chi connectivity index (χ0) is 47.7. The highest BCUT2D eigenvalue weighted by Crippen LogP contribution is 2.56. The van der Waals surface area contributed by atoms with Gasteiger partial charge in [-0.25, -0.2) is 0 Å². The Hall–Kier alpha value is -7.68. The molecule has 0 unspecified atom stereocenters. The van der Waals surface area contributed by atoms with E-state index in [1.807, 2.05) is 0 Å². The minimum absolute atomic E-state index is 0.0538. The van der Waals surface area contributed by atoms with Gasteiger partial charge in [0.1, 0.15) is 0 Å². The van der Waals surface area contributed by atoms with Crippen molar-refractivity contribution < 1.29 is 0 Å². The zero-order valence-corrected chi connectivity index (χ0v) is 41.2. The highest BCUT2D eigenvalue weighted by atomic mass is 15.1. The van der Waals surface area contributed by atoms with Crippen molar-refractivity contribution in [3.63, 3.8) is 0 Å². The van der Waals surface area contributed by atoms with E-state index in [-0.39, 0.29) is 16.2 Å². The van der Waals surface area contributed by atoms with Crippen LogP contribution in [0.3, 0.4) is 0 Å². The van der Waals surface area contributed by atoms with Crippen LogP contribution in [0.4, 0.5) is 34.1 Å². The SMILES string of the molecule is CC(C)(C)c1ccc(N(c2ccc(-c3ccccc3)cc2)c2ccc3c(c2)C(C)(C)c2c-3c3ccccc3c3cc(N(c4ccc(-c5ccccc5)cc4)c4ccc(C(C)(C)C)cc4)ccc23)cc1. The van der Waals surface area contributed by atoms with Gasteiger partial charge in [0.05, 0.1) is 0 Å². The van der Waals surface area contributed by atoms with Gasteiger partial charge >= 0.3 is 0 Å². The van der Waals surface area contributed by atoms with E-state index < -0.39 is 0 Å². The zero-order valence-electron chi connectivity index (χ0n) is 41.2. The molecule has 0 aromatic heterocycles. The lowest BCUT2D eigenvalue weighted by Crippen LogP contribution is -2.17. The molecular formula is C67H60N2. The van der Waals surface area contributed by atoms with E-state index in [4.69, 9.17) is 0 Å². The van der Waals surface area contributed by atoms with E-state index in [0.717, 1.165) is 34.1 Å². The average molecular weight is 893 g/mol. The van der Waals surface area contributed by atoms with Crippen molar-refractivity contribution in [1.29, 1.82) is 0 Å². The molecule has 0 atom stereocenters. The van der Waals surface area contributed by atoms with Crippen molar-refractivity contribution in [3.8, 4) is 33.4 Å². The Morgan fingerprint density at radius 3 is 1.16 bits per heavy atom. The molecule has 1 aliphatic rings. The van der Waals surface area contributed by atoms with Crippen molar-refractivity contribution in [2.24, 2.45) is 0 Å². The van der Waals surface area contributed by atoms with Crippen LogP contribution in [-0.2, 0) is 16.2 Å². The molecule has 0 amide bonds. The Morgan fingerprint density at radius 1 is 0.319 bits per heavy atom. The second-order valence-electron chi connectivity index (χ2n) is 21.5. The second-order valence-corrected chi connectivity index (χ2v) is 21.5. The Kier molecular flexibility index (Phi) is 10.7. The Morgan fingerprint density at radius 2 is 0.696 bits per heavy atom. The van der Waals surface area contributed by atoms with Gasteiger partial charge in [-0.2, -0.15) is 0 Å². The Labute approximate surface area is 409 Å². The van der Waals surface area contributed by atoms with Crippen LogP contribution in [0.2, 0.25) is 0 Å². The summed E-state index contributed by atoms with van der Waals surface area (Å²) in [5, 5.41) is 5.11. The van der Waals surface area contributed by atoms with Crippen LogP contribution in [0, 0.1) is 0 Å². The van der Waals surface area contributed by atoms with E-state index in [9.17, 15) is 0 Å². The fourth-order valence-electron chi connectivity index (χ4n) is 10.8. The van der Waals surface area contributed by atoms with Crippen LogP contribution in [0.25, 0.3) is 54.9 Å². The summed E-state index contributed by atoms with van der Waals surface area (Å²) in [5.41, 5.74) is 19.5. The monoisotopic (exact) mass is 892 g/mol. The van der Waals surface area contributed by atoms with Gasteiger partial charge in [0.25, 0.3) is 0 Å². The molecule has 11 rings (SSSR count). The third kappa shape index (κ3) is 7.88. The smallest absolute Gasteiger partial charge is 0.0468 e. The number of anilines is 6. The molecule has 0 bridgehead atoms. The van der Waals surface area contributed by atoms with Gasteiger partial charge in [-0.3, -0.25) is 0 Å². The molecule has 0 radical (unpaired) electrons. The number of nitrogens with zero attached hydrogens (tertiary/aromatic N) is 2. The maximum Gasteiger partial charge on any atom is 0.0468 e.